The minimum atomic E-state index is -0.900. The molecule has 3 heterocycles. The van der Waals surface area contributed by atoms with Gasteiger partial charge in [0.1, 0.15) is 11.5 Å². The second-order valence-electron chi connectivity index (χ2n) is 8.96. The zero-order valence-corrected chi connectivity index (χ0v) is 21.1. The van der Waals surface area contributed by atoms with Crippen LogP contribution in [0.3, 0.4) is 0 Å². The maximum atomic E-state index is 14.2. The van der Waals surface area contributed by atoms with E-state index in [9.17, 15) is 19.8 Å². The van der Waals surface area contributed by atoms with Crippen LogP contribution in [-0.2, 0) is 4.79 Å². The van der Waals surface area contributed by atoms with Crippen LogP contribution in [0.5, 0.6) is 23.1 Å². The summed E-state index contributed by atoms with van der Waals surface area (Å²) in [5.74, 6) is -0.889. The molecular weight excluding hydrogens is 494 g/mol. The van der Waals surface area contributed by atoms with E-state index in [2.05, 4.69) is 9.97 Å². The van der Waals surface area contributed by atoms with Crippen molar-refractivity contribution in [3.8, 4) is 23.1 Å². The quantitative estimate of drug-likeness (QED) is 0.371. The fourth-order valence-corrected chi connectivity index (χ4v) is 5.10. The van der Waals surface area contributed by atoms with Crippen LogP contribution in [0.4, 0.5) is 0 Å². The van der Waals surface area contributed by atoms with Gasteiger partial charge in [-0.05, 0) is 68.2 Å². The lowest BCUT2D eigenvalue weighted by Crippen LogP contribution is -2.40. The Kier molecular flexibility index (Phi) is 6.75. The zero-order valence-electron chi connectivity index (χ0n) is 20.2. The highest BCUT2D eigenvalue weighted by Gasteiger charge is 2.41. The normalized spacial score (nSPS) is 17.2. The van der Waals surface area contributed by atoms with Gasteiger partial charge in [-0.3, -0.25) is 14.6 Å². The molecule has 4 N–H and O–H groups in total. The number of aromatic hydroxyl groups is 2. The lowest BCUT2D eigenvalue weighted by Gasteiger charge is -2.34. The van der Waals surface area contributed by atoms with Gasteiger partial charge in [-0.25, -0.2) is 0 Å². The smallest absolute Gasteiger partial charge is 0.259 e. The molecule has 1 amide bonds. The summed E-state index contributed by atoms with van der Waals surface area (Å²) in [5, 5.41) is 21.1. The van der Waals surface area contributed by atoms with Crippen LogP contribution < -0.4 is 15.0 Å². The Balaban J connectivity index is 1.82. The van der Waals surface area contributed by atoms with Gasteiger partial charge in [-0.15, -0.1) is 0 Å². The highest BCUT2D eigenvalue weighted by Crippen LogP contribution is 2.46. The number of hydrogen-bond donors (Lipinski definition) is 4. The van der Waals surface area contributed by atoms with Crippen molar-refractivity contribution >= 4 is 23.9 Å². The second kappa shape index (κ2) is 10.1. The SMILES string of the molecule is CCOc1cc(C2C(C(=O)N3CCCCC3)=C(c3ccccc3O)Oc3[nH]c(=S)[nH]c(=O)c32)ccc1O. The molecule has 5 rings (SSSR count). The van der Waals surface area contributed by atoms with Crippen molar-refractivity contribution in [2.45, 2.75) is 32.1 Å². The van der Waals surface area contributed by atoms with E-state index in [4.69, 9.17) is 21.7 Å². The molecule has 0 bridgehead atoms. The first-order chi connectivity index (χ1) is 17.9. The summed E-state index contributed by atoms with van der Waals surface area (Å²) in [5.41, 5.74) is 0.716. The number of para-hydroxylation sites is 1. The lowest BCUT2D eigenvalue weighted by molar-refractivity contribution is -0.128. The molecule has 0 spiro atoms. The van der Waals surface area contributed by atoms with Gasteiger partial charge in [0.05, 0.1) is 29.2 Å². The maximum Gasteiger partial charge on any atom is 0.259 e. The van der Waals surface area contributed by atoms with Gasteiger partial charge in [0.15, 0.2) is 16.3 Å². The number of likely N-dealkylation sites (tertiary alicyclic amines) is 1. The molecule has 0 aliphatic carbocycles. The Morgan fingerprint density at radius 2 is 1.86 bits per heavy atom. The van der Waals surface area contributed by atoms with Gasteiger partial charge in [0.2, 0.25) is 5.88 Å². The number of H-pyrrole nitrogens is 2. The molecule has 1 fully saturated rings. The second-order valence-corrected chi connectivity index (χ2v) is 9.37. The van der Waals surface area contributed by atoms with Crippen molar-refractivity contribution in [2.24, 2.45) is 0 Å². The molecule has 1 saturated heterocycles. The van der Waals surface area contributed by atoms with Crippen LogP contribution in [0, 0.1) is 4.77 Å². The summed E-state index contributed by atoms with van der Waals surface area (Å²) in [6.07, 6.45) is 2.77. The number of nitrogens with zero attached hydrogens (tertiary/aromatic N) is 1. The van der Waals surface area contributed by atoms with E-state index in [-0.39, 0.29) is 50.7 Å². The van der Waals surface area contributed by atoms with Gasteiger partial charge in [0.25, 0.3) is 11.5 Å². The van der Waals surface area contributed by atoms with Crippen molar-refractivity contribution in [3.05, 3.63) is 79.9 Å². The summed E-state index contributed by atoms with van der Waals surface area (Å²) in [4.78, 5) is 34.7. The molecule has 1 unspecified atom stereocenters. The van der Waals surface area contributed by atoms with Crippen molar-refractivity contribution in [2.75, 3.05) is 19.7 Å². The number of piperidine rings is 1. The van der Waals surface area contributed by atoms with Crippen LogP contribution in [-0.4, -0.2) is 50.7 Å². The average molecular weight is 522 g/mol. The Bertz CT molecular complexity index is 1500. The van der Waals surface area contributed by atoms with E-state index < -0.39 is 11.5 Å². The number of phenols is 2. The fourth-order valence-electron chi connectivity index (χ4n) is 4.92. The number of benzene rings is 2. The number of amides is 1. The number of carbonyl (C=O) groups is 1. The molecule has 0 saturated carbocycles. The van der Waals surface area contributed by atoms with Crippen LogP contribution in [0.2, 0.25) is 0 Å². The topological polar surface area (TPSA) is 128 Å². The largest absolute Gasteiger partial charge is 0.507 e. The molecule has 9 nitrogen and oxygen atoms in total. The predicted octanol–water partition coefficient (Wildman–Crippen LogP) is 4.19. The van der Waals surface area contributed by atoms with E-state index in [0.717, 1.165) is 19.3 Å². The molecule has 37 heavy (non-hydrogen) atoms. The van der Waals surface area contributed by atoms with Gasteiger partial charge in [0, 0.05) is 13.1 Å². The van der Waals surface area contributed by atoms with Crippen molar-refractivity contribution in [3.63, 3.8) is 0 Å². The van der Waals surface area contributed by atoms with E-state index in [1.807, 2.05) is 0 Å². The number of nitrogens with one attached hydrogen (secondary N) is 2. The monoisotopic (exact) mass is 521 g/mol. The first-order valence-corrected chi connectivity index (χ1v) is 12.6. The molecule has 2 aliphatic rings. The highest BCUT2D eigenvalue weighted by molar-refractivity contribution is 7.71. The van der Waals surface area contributed by atoms with Crippen molar-refractivity contribution in [1.82, 2.24) is 14.9 Å². The minimum Gasteiger partial charge on any atom is -0.507 e. The predicted molar refractivity (Wildman–Crippen MR) is 139 cm³/mol. The highest BCUT2D eigenvalue weighted by atomic mass is 32.1. The lowest BCUT2D eigenvalue weighted by atomic mass is 9.81. The summed E-state index contributed by atoms with van der Waals surface area (Å²) < 4.78 is 11.9. The molecule has 1 atom stereocenters. The van der Waals surface area contributed by atoms with Gasteiger partial charge >= 0.3 is 0 Å². The number of hydrogen-bond acceptors (Lipinski definition) is 7. The molecule has 192 valence electrons. The molecule has 2 aromatic carbocycles. The van der Waals surface area contributed by atoms with Crippen molar-refractivity contribution < 1.29 is 24.5 Å². The van der Waals surface area contributed by atoms with Crippen LogP contribution in [0.25, 0.3) is 5.76 Å². The third-order valence-electron chi connectivity index (χ3n) is 6.61. The Hall–Kier alpha value is -4.05. The molecule has 10 heteroatoms. The third-order valence-corrected chi connectivity index (χ3v) is 6.81. The Morgan fingerprint density at radius 1 is 1.11 bits per heavy atom. The van der Waals surface area contributed by atoms with E-state index in [1.165, 1.54) is 12.1 Å². The number of ether oxygens (including phenoxy) is 2. The number of aromatic nitrogens is 2. The Morgan fingerprint density at radius 3 is 2.59 bits per heavy atom. The van der Waals surface area contributed by atoms with Crippen molar-refractivity contribution in [1.29, 1.82) is 0 Å². The number of carbonyl (C=O) groups excluding carboxylic acids is 1. The maximum absolute atomic E-state index is 14.2. The van der Waals surface area contributed by atoms with E-state index in [1.54, 1.807) is 42.2 Å². The zero-order chi connectivity index (χ0) is 26.1. The summed E-state index contributed by atoms with van der Waals surface area (Å²) >= 11 is 5.19. The summed E-state index contributed by atoms with van der Waals surface area (Å²) in [6, 6.07) is 11.3. The summed E-state index contributed by atoms with van der Waals surface area (Å²) in [6.45, 7) is 3.25. The number of rotatable bonds is 5. The van der Waals surface area contributed by atoms with E-state index in [0.29, 0.717) is 30.8 Å². The Labute approximate surface area is 218 Å². The molecule has 3 aromatic rings. The molecular formula is C27H27N3O6S. The number of aromatic amines is 2. The molecule has 1 aromatic heterocycles. The fraction of sp³-hybridized carbons (Fsp3) is 0.296. The van der Waals surface area contributed by atoms with Gasteiger partial charge in [-0.1, -0.05) is 18.2 Å². The first kappa shape index (κ1) is 24.6. The molecule has 2 aliphatic heterocycles. The molecule has 0 radical (unpaired) electrons. The standard InChI is InChI=1S/C27H27N3O6S/c1-2-35-19-14-15(10-11-18(19)32)20-21(26(34)30-12-6-3-7-13-30)23(16-8-4-5-9-17(16)31)36-25-22(20)24(33)28-27(37)29-25/h4-5,8-11,14,20,31-32H,2-3,6-7,12-13H2,1H3,(H2,28,29,33,37). The third kappa shape index (κ3) is 4.60. The first-order valence-electron chi connectivity index (χ1n) is 12.2. The van der Waals surface area contributed by atoms with Crippen LogP contribution in [0.1, 0.15) is 48.8 Å². The van der Waals surface area contributed by atoms with Gasteiger partial charge < -0.3 is 29.6 Å². The van der Waals surface area contributed by atoms with Crippen LogP contribution in [0.15, 0.2) is 52.8 Å². The summed E-state index contributed by atoms with van der Waals surface area (Å²) in [7, 11) is 0. The van der Waals surface area contributed by atoms with Crippen LogP contribution >= 0.6 is 12.2 Å². The number of phenolic OH excluding ortho intramolecular Hbond substituents is 2. The minimum absolute atomic E-state index is 0.0608. The number of fused-ring (bicyclic) bond motifs is 1. The van der Waals surface area contributed by atoms with Gasteiger partial charge in [-0.2, -0.15) is 0 Å². The average Bonchev–Trinajstić information content (AvgIpc) is 2.89. The van der Waals surface area contributed by atoms with E-state index >= 15 is 0 Å².